The highest BCUT2D eigenvalue weighted by Gasteiger charge is 2.58. The van der Waals surface area contributed by atoms with Gasteiger partial charge in [0.05, 0.1) is 7.11 Å². The Balaban J connectivity index is 1.13. The van der Waals surface area contributed by atoms with Gasteiger partial charge in [-0.15, -0.1) is 0 Å². The van der Waals surface area contributed by atoms with E-state index >= 15 is 0 Å². The average molecular weight is 508 g/mol. The molecule has 0 saturated heterocycles. The number of carbonyl (C=O) groups is 2. The van der Waals surface area contributed by atoms with Crippen molar-refractivity contribution in [2.45, 2.75) is 128 Å². The summed E-state index contributed by atoms with van der Waals surface area (Å²) < 4.78 is 5.49. The fraction of sp³-hybridized carbons (Fsp3) is 0.758. The van der Waals surface area contributed by atoms with Gasteiger partial charge in [0.15, 0.2) is 0 Å². The molecule has 204 valence electrons. The fourth-order valence-electron chi connectivity index (χ4n) is 8.78. The lowest BCUT2D eigenvalue weighted by Crippen LogP contribution is -2.44. The maximum atomic E-state index is 13.3. The number of carbonyl (C=O) groups excluding carboxylic acids is 2. The van der Waals surface area contributed by atoms with Gasteiger partial charge in [-0.3, -0.25) is 9.59 Å². The third-order valence-electron chi connectivity index (χ3n) is 10.7. The summed E-state index contributed by atoms with van der Waals surface area (Å²) in [6.45, 7) is 2.29. The lowest BCUT2D eigenvalue weighted by molar-refractivity contribution is -0.129. The molecule has 3 fully saturated rings. The maximum Gasteiger partial charge on any atom is 0.220 e. The molecule has 1 amide bonds. The first-order valence-electron chi connectivity index (χ1n) is 15.5. The quantitative estimate of drug-likeness (QED) is 0.370. The van der Waals surface area contributed by atoms with Gasteiger partial charge in [-0.2, -0.15) is 0 Å². The standard InChI is InChI=1S/C33H49NO3/c1-33-20-19-28-27-18-16-26(37-2)21-23(27)15-17-29(28)32(33)24(22-30(33)35)11-7-6-10-14-31(36)34-25-12-8-4-3-5-9-13-25/h16,18,21,24-25,28-29,32H,3-15,17,19-20,22H2,1-2H3,(H,34,36)/t24-,28-,29-,32+,33-/m1/s1. The van der Waals surface area contributed by atoms with Crippen molar-refractivity contribution < 1.29 is 14.3 Å². The van der Waals surface area contributed by atoms with Gasteiger partial charge >= 0.3 is 0 Å². The van der Waals surface area contributed by atoms with Gasteiger partial charge in [0.25, 0.3) is 0 Å². The number of fused-ring (bicyclic) bond motifs is 5. The van der Waals surface area contributed by atoms with Crippen LogP contribution >= 0.6 is 0 Å². The number of aryl methyl sites for hydroxylation is 1. The summed E-state index contributed by atoms with van der Waals surface area (Å²) in [7, 11) is 1.75. The molecule has 0 radical (unpaired) electrons. The number of hydrogen-bond acceptors (Lipinski definition) is 3. The Labute approximate surface area is 224 Å². The minimum atomic E-state index is -0.118. The molecule has 0 aromatic heterocycles. The van der Waals surface area contributed by atoms with E-state index in [0.29, 0.717) is 41.9 Å². The summed E-state index contributed by atoms with van der Waals surface area (Å²) in [6.07, 6.45) is 19.1. The summed E-state index contributed by atoms with van der Waals surface area (Å²) >= 11 is 0. The summed E-state index contributed by atoms with van der Waals surface area (Å²) in [4.78, 5) is 25.8. The van der Waals surface area contributed by atoms with Crippen LogP contribution in [0.1, 0.15) is 127 Å². The lowest BCUT2D eigenvalue weighted by atomic mass is 9.54. The summed E-state index contributed by atoms with van der Waals surface area (Å²) in [5.41, 5.74) is 2.86. The second-order valence-corrected chi connectivity index (χ2v) is 13.0. The predicted octanol–water partition coefficient (Wildman–Crippen LogP) is 7.53. The number of nitrogens with one attached hydrogen (secondary N) is 1. The number of ketones is 1. The van der Waals surface area contributed by atoms with Gasteiger partial charge in [-0.1, -0.05) is 57.9 Å². The van der Waals surface area contributed by atoms with E-state index < -0.39 is 0 Å². The molecule has 4 aliphatic rings. The van der Waals surface area contributed by atoms with Crippen LogP contribution in [0, 0.1) is 23.2 Å². The second kappa shape index (κ2) is 11.9. The van der Waals surface area contributed by atoms with Crippen LogP contribution in [0.15, 0.2) is 18.2 Å². The van der Waals surface area contributed by atoms with Crippen molar-refractivity contribution in [2.24, 2.45) is 23.2 Å². The molecule has 5 atom stereocenters. The normalized spacial score (nSPS) is 32.0. The first-order chi connectivity index (χ1) is 18.0. The van der Waals surface area contributed by atoms with Crippen LogP contribution in [-0.4, -0.2) is 24.8 Å². The number of amides is 1. The highest BCUT2D eigenvalue weighted by molar-refractivity contribution is 5.87. The number of ether oxygens (including phenoxy) is 1. The van der Waals surface area contributed by atoms with Crippen LogP contribution < -0.4 is 10.1 Å². The summed E-state index contributed by atoms with van der Waals surface area (Å²) in [6, 6.07) is 7.07. The minimum Gasteiger partial charge on any atom is -0.497 e. The predicted molar refractivity (Wildman–Crippen MR) is 149 cm³/mol. The van der Waals surface area contributed by atoms with E-state index in [-0.39, 0.29) is 11.3 Å². The van der Waals surface area contributed by atoms with Gasteiger partial charge in [-0.25, -0.2) is 0 Å². The van der Waals surface area contributed by atoms with Crippen molar-refractivity contribution in [3.8, 4) is 5.75 Å². The fourth-order valence-corrected chi connectivity index (χ4v) is 8.78. The Morgan fingerprint density at radius 3 is 2.59 bits per heavy atom. The molecular weight excluding hydrogens is 458 g/mol. The van der Waals surface area contributed by atoms with Crippen molar-refractivity contribution in [1.82, 2.24) is 5.32 Å². The van der Waals surface area contributed by atoms with Crippen molar-refractivity contribution in [3.63, 3.8) is 0 Å². The molecule has 0 aliphatic heterocycles. The molecule has 1 aromatic carbocycles. The minimum absolute atomic E-state index is 0.118. The Kier molecular flexibility index (Phi) is 8.61. The third kappa shape index (κ3) is 5.78. The first-order valence-corrected chi connectivity index (χ1v) is 15.5. The molecule has 0 spiro atoms. The molecule has 1 N–H and O–H groups in total. The van der Waals surface area contributed by atoms with Gasteiger partial charge in [0.1, 0.15) is 11.5 Å². The smallest absolute Gasteiger partial charge is 0.220 e. The van der Waals surface area contributed by atoms with Crippen LogP contribution in [0.25, 0.3) is 0 Å². The Morgan fingerprint density at radius 1 is 1.03 bits per heavy atom. The zero-order chi connectivity index (χ0) is 25.8. The molecule has 4 heteroatoms. The Morgan fingerprint density at radius 2 is 1.81 bits per heavy atom. The molecule has 1 aromatic rings. The van der Waals surface area contributed by atoms with Crippen molar-refractivity contribution in [3.05, 3.63) is 29.3 Å². The van der Waals surface area contributed by atoms with E-state index in [2.05, 4.69) is 30.4 Å². The zero-order valence-corrected chi connectivity index (χ0v) is 23.4. The van der Waals surface area contributed by atoms with E-state index in [4.69, 9.17) is 4.74 Å². The number of Topliss-reactive ketones (excluding diaryl/α,β-unsaturated/α-hetero) is 1. The first kappa shape index (κ1) is 26.8. The average Bonchev–Trinajstić information content (AvgIpc) is 3.14. The molecular formula is C33H49NO3. The highest BCUT2D eigenvalue weighted by Crippen LogP contribution is 2.62. The van der Waals surface area contributed by atoms with Crippen LogP contribution in [0.4, 0.5) is 0 Å². The van der Waals surface area contributed by atoms with Crippen LogP contribution in [-0.2, 0) is 16.0 Å². The van der Waals surface area contributed by atoms with E-state index in [0.717, 1.165) is 70.0 Å². The number of unbranched alkanes of at least 4 members (excludes halogenated alkanes) is 2. The molecule has 37 heavy (non-hydrogen) atoms. The van der Waals surface area contributed by atoms with Gasteiger partial charge < -0.3 is 10.1 Å². The topological polar surface area (TPSA) is 55.4 Å². The number of methoxy groups -OCH3 is 1. The third-order valence-corrected chi connectivity index (χ3v) is 10.7. The summed E-state index contributed by atoms with van der Waals surface area (Å²) in [5.74, 6) is 4.02. The Bertz CT molecular complexity index is 949. The molecule has 0 heterocycles. The molecule has 5 rings (SSSR count). The monoisotopic (exact) mass is 507 g/mol. The van der Waals surface area contributed by atoms with Gasteiger partial charge in [-0.05, 0) is 98.3 Å². The highest BCUT2D eigenvalue weighted by atomic mass is 16.5. The molecule has 4 aliphatic carbocycles. The molecule has 3 saturated carbocycles. The summed E-state index contributed by atoms with van der Waals surface area (Å²) in [5, 5.41) is 3.32. The Hall–Kier alpha value is -1.84. The maximum absolute atomic E-state index is 13.3. The molecule has 0 bridgehead atoms. The molecule has 0 unspecified atom stereocenters. The number of benzene rings is 1. The van der Waals surface area contributed by atoms with Crippen LogP contribution in [0.3, 0.4) is 0 Å². The van der Waals surface area contributed by atoms with Gasteiger partial charge in [0.2, 0.25) is 5.91 Å². The van der Waals surface area contributed by atoms with Crippen LogP contribution in [0.2, 0.25) is 0 Å². The zero-order valence-electron chi connectivity index (χ0n) is 23.4. The van der Waals surface area contributed by atoms with Crippen molar-refractivity contribution in [2.75, 3.05) is 7.11 Å². The van der Waals surface area contributed by atoms with Crippen molar-refractivity contribution in [1.29, 1.82) is 0 Å². The molecule has 4 nitrogen and oxygen atoms in total. The van der Waals surface area contributed by atoms with Gasteiger partial charge in [0, 0.05) is 24.3 Å². The SMILES string of the molecule is COc1ccc2c(c1)CC[C@H]1[C@@H]3[C@H](CCCCCC(=O)NC4CCCCCCC4)CC(=O)[C@@]3(C)CC[C@H]21. The van der Waals surface area contributed by atoms with E-state index in [9.17, 15) is 9.59 Å². The van der Waals surface area contributed by atoms with Crippen molar-refractivity contribution >= 4 is 11.7 Å². The number of rotatable bonds is 8. The van der Waals surface area contributed by atoms with E-state index in [1.165, 1.54) is 49.7 Å². The lowest BCUT2D eigenvalue weighted by Gasteiger charge is -2.50. The van der Waals surface area contributed by atoms with E-state index in [1.807, 2.05) is 0 Å². The van der Waals surface area contributed by atoms with E-state index in [1.54, 1.807) is 7.11 Å². The largest absolute Gasteiger partial charge is 0.497 e. The number of hydrogen-bond donors (Lipinski definition) is 1. The second-order valence-electron chi connectivity index (χ2n) is 13.0. The van der Waals surface area contributed by atoms with Crippen LogP contribution in [0.5, 0.6) is 5.75 Å².